The van der Waals surface area contributed by atoms with Crippen LogP contribution in [-0.4, -0.2) is 4.57 Å². The van der Waals surface area contributed by atoms with Crippen molar-refractivity contribution in [1.29, 1.82) is 5.26 Å². The monoisotopic (exact) mass is 160 g/mol. The zero-order chi connectivity index (χ0) is 9.14. The molecule has 0 amide bonds. The summed E-state index contributed by atoms with van der Waals surface area (Å²) < 4.78 is 2.11. The Balaban J connectivity index is 3.11. The van der Waals surface area contributed by atoms with Crippen LogP contribution in [0.15, 0.2) is 12.1 Å². The van der Waals surface area contributed by atoms with Crippen molar-refractivity contribution in [2.45, 2.75) is 13.8 Å². The van der Waals surface area contributed by atoms with Gasteiger partial charge in [-0.05, 0) is 31.6 Å². The third kappa shape index (κ3) is 1.40. The summed E-state index contributed by atoms with van der Waals surface area (Å²) in [5, 5.41) is 8.35. The Morgan fingerprint density at radius 2 is 2.17 bits per heavy atom. The Bertz CT molecular complexity index is 351. The van der Waals surface area contributed by atoms with Gasteiger partial charge in [-0.2, -0.15) is 5.26 Å². The maximum absolute atomic E-state index is 8.35. The van der Waals surface area contributed by atoms with Gasteiger partial charge in [-0.3, -0.25) is 0 Å². The molecule has 0 aliphatic carbocycles. The first-order valence-corrected chi connectivity index (χ1v) is 3.86. The predicted octanol–water partition coefficient (Wildman–Crippen LogP) is 2.18. The third-order valence-corrected chi connectivity index (χ3v) is 2.15. The summed E-state index contributed by atoms with van der Waals surface area (Å²) in [6.07, 6.45) is 3.34. The largest absolute Gasteiger partial charge is 0.352 e. The van der Waals surface area contributed by atoms with Gasteiger partial charge in [0.25, 0.3) is 0 Å². The Kier molecular flexibility index (Phi) is 2.35. The molecular weight excluding hydrogens is 148 g/mol. The minimum atomic E-state index is 1.12. The van der Waals surface area contributed by atoms with Crippen LogP contribution in [0.5, 0.6) is 0 Å². The average Bonchev–Trinajstić information content (AvgIpc) is 2.30. The van der Waals surface area contributed by atoms with E-state index < -0.39 is 0 Å². The van der Waals surface area contributed by atoms with Crippen molar-refractivity contribution >= 4 is 6.08 Å². The van der Waals surface area contributed by atoms with Gasteiger partial charge in [-0.15, -0.1) is 0 Å². The Labute approximate surface area is 72.7 Å². The van der Waals surface area contributed by atoms with Crippen molar-refractivity contribution in [3.8, 4) is 6.07 Å². The molecule has 0 aromatic carbocycles. The highest BCUT2D eigenvalue weighted by molar-refractivity contribution is 5.55. The molecule has 1 rings (SSSR count). The first-order valence-electron chi connectivity index (χ1n) is 3.86. The van der Waals surface area contributed by atoms with E-state index in [1.54, 1.807) is 0 Å². The Morgan fingerprint density at radius 1 is 1.50 bits per heavy atom. The van der Waals surface area contributed by atoms with Crippen LogP contribution in [0.2, 0.25) is 0 Å². The van der Waals surface area contributed by atoms with E-state index in [2.05, 4.69) is 17.6 Å². The van der Waals surface area contributed by atoms with Crippen molar-refractivity contribution in [1.82, 2.24) is 4.57 Å². The lowest BCUT2D eigenvalue weighted by molar-refractivity contribution is 0.843. The fourth-order valence-electron chi connectivity index (χ4n) is 1.18. The maximum atomic E-state index is 8.35. The number of nitrogens with zero attached hydrogens (tertiary/aromatic N) is 2. The summed E-state index contributed by atoms with van der Waals surface area (Å²) in [5.74, 6) is 0. The minimum absolute atomic E-state index is 1.12. The van der Waals surface area contributed by atoms with E-state index in [1.807, 2.05) is 26.1 Å². The van der Waals surface area contributed by atoms with E-state index >= 15 is 0 Å². The lowest BCUT2D eigenvalue weighted by atomic mass is 10.2. The molecule has 0 radical (unpaired) electrons. The second kappa shape index (κ2) is 3.27. The molecule has 1 aromatic heterocycles. The topological polar surface area (TPSA) is 28.7 Å². The highest BCUT2D eigenvalue weighted by atomic mass is 14.9. The van der Waals surface area contributed by atoms with Crippen LogP contribution in [0, 0.1) is 25.2 Å². The number of hydrogen-bond donors (Lipinski definition) is 0. The van der Waals surface area contributed by atoms with Gasteiger partial charge >= 0.3 is 0 Å². The molecule has 0 aliphatic heterocycles. The van der Waals surface area contributed by atoms with Gasteiger partial charge in [0.05, 0.1) is 6.07 Å². The van der Waals surface area contributed by atoms with Gasteiger partial charge in [0.15, 0.2) is 0 Å². The van der Waals surface area contributed by atoms with Crippen LogP contribution in [0.1, 0.15) is 17.0 Å². The van der Waals surface area contributed by atoms with E-state index in [0.29, 0.717) is 0 Å². The number of allylic oxidation sites excluding steroid dienone is 1. The summed E-state index contributed by atoms with van der Waals surface area (Å²) >= 11 is 0. The molecule has 0 atom stereocenters. The smallest absolute Gasteiger partial charge is 0.0912 e. The number of aromatic nitrogens is 1. The molecule has 12 heavy (non-hydrogen) atoms. The summed E-state index contributed by atoms with van der Waals surface area (Å²) in [6.45, 7) is 4.10. The van der Waals surface area contributed by atoms with Crippen molar-refractivity contribution in [3.63, 3.8) is 0 Å². The number of nitriles is 1. The van der Waals surface area contributed by atoms with Gasteiger partial charge in [0.2, 0.25) is 0 Å². The molecule has 0 fully saturated rings. The van der Waals surface area contributed by atoms with Crippen LogP contribution >= 0.6 is 0 Å². The van der Waals surface area contributed by atoms with Gasteiger partial charge in [0.1, 0.15) is 0 Å². The van der Waals surface area contributed by atoms with Crippen LogP contribution < -0.4 is 0 Å². The molecule has 0 saturated carbocycles. The van der Waals surface area contributed by atoms with Gasteiger partial charge < -0.3 is 4.57 Å². The van der Waals surface area contributed by atoms with E-state index in [4.69, 9.17) is 5.26 Å². The highest BCUT2D eigenvalue weighted by Gasteiger charge is 2.01. The quantitative estimate of drug-likeness (QED) is 0.579. The molecule has 1 aromatic rings. The molecule has 2 heteroatoms. The molecule has 0 bridgehead atoms. The van der Waals surface area contributed by atoms with Crippen LogP contribution in [0.25, 0.3) is 6.08 Å². The second-order valence-electron chi connectivity index (χ2n) is 2.85. The standard InChI is InChI=1S/C10H12N2/c1-8-7-10(5-4-6-11)9(2)12(8)3/h4-5,7H,1-3H3/b5-4+. The molecule has 0 saturated heterocycles. The van der Waals surface area contributed by atoms with Crippen molar-refractivity contribution in [3.05, 3.63) is 29.1 Å². The molecule has 2 nitrogen and oxygen atoms in total. The zero-order valence-corrected chi connectivity index (χ0v) is 7.63. The van der Waals surface area contributed by atoms with Crippen LogP contribution in [0.4, 0.5) is 0 Å². The molecule has 0 aliphatic rings. The van der Waals surface area contributed by atoms with Gasteiger partial charge in [-0.1, -0.05) is 0 Å². The van der Waals surface area contributed by atoms with Crippen molar-refractivity contribution < 1.29 is 0 Å². The highest BCUT2D eigenvalue weighted by Crippen LogP contribution is 2.14. The Morgan fingerprint density at radius 3 is 2.58 bits per heavy atom. The number of rotatable bonds is 1. The first kappa shape index (κ1) is 8.61. The van der Waals surface area contributed by atoms with E-state index in [9.17, 15) is 0 Å². The van der Waals surface area contributed by atoms with Crippen molar-refractivity contribution in [2.24, 2.45) is 7.05 Å². The molecule has 0 unspecified atom stereocenters. The minimum Gasteiger partial charge on any atom is -0.352 e. The van der Waals surface area contributed by atoms with Gasteiger partial charge in [-0.25, -0.2) is 0 Å². The SMILES string of the molecule is Cc1cc(/C=C/C#N)c(C)n1C. The molecule has 1 heterocycles. The van der Waals surface area contributed by atoms with E-state index in [1.165, 1.54) is 17.5 Å². The van der Waals surface area contributed by atoms with Crippen LogP contribution in [-0.2, 0) is 7.05 Å². The molecule has 0 spiro atoms. The van der Waals surface area contributed by atoms with E-state index in [0.717, 1.165) is 5.56 Å². The summed E-state index contributed by atoms with van der Waals surface area (Å²) in [4.78, 5) is 0. The molecular formula is C10H12N2. The predicted molar refractivity (Wildman–Crippen MR) is 49.5 cm³/mol. The summed E-state index contributed by atoms with van der Waals surface area (Å²) in [6, 6.07) is 4.05. The molecule has 0 N–H and O–H groups in total. The fraction of sp³-hybridized carbons (Fsp3) is 0.300. The third-order valence-electron chi connectivity index (χ3n) is 2.15. The van der Waals surface area contributed by atoms with Crippen LogP contribution in [0.3, 0.4) is 0 Å². The maximum Gasteiger partial charge on any atom is 0.0912 e. The van der Waals surface area contributed by atoms with Crippen molar-refractivity contribution in [2.75, 3.05) is 0 Å². The number of aryl methyl sites for hydroxylation is 1. The first-order chi connectivity index (χ1) is 5.66. The summed E-state index contributed by atoms with van der Waals surface area (Å²) in [7, 11) is 2.02. The normalized spacial score (nSPS) is 10.5. The number of hydrogen-bond acceptors (Lipinski definition) is 1. The average molecular weight is 160 g/mol. The fourth-order valence-corrected chi connectivity index (χ4v) is 1.18. The lowest BCUT2D eigenvalue weighted by Gasteiger charge is -1.98. The van der Waals surface area contributed by atoms with Gasteiger partial charge in [0, 0.05) is 24.5 Å². The Hall–Kier alpha value is -1.49. The second-order valence-corrected chi connectivity index (χ2v) is 2.85. The zero-order valence-electron chi connectivity index (χ0n) is 7.63. The molecule has 62 valence electrons. The summed E-state index contributed by atoms with van der Waals surface area (Å²) in [5.41, 5.74) is 3.53. The lowest BCUT2D eigenvalue weighted by Crippen LogP contribution is -1.92. The van der Waals surface area contributed by atoms with E-state index in [-0.39, 0.29) is 0 Å².